The highest BCUT2D eigenvalue weighted by Gasteiger charge is 2.27. The van der Waals surface area contributed by atoms with Crippen molar-refractivity contribution in [3.63, 3.8) is 0 Å². The van der Waals surface area contributed by atoms with Crippen LogP contribution in [0.2, 0.25) is 0 Å². The van der Waals surface area contributed by atoms with Crippen LogP contribution in [0, 0.1) is 6.92 Å². The highest BCUT2D eigenvalue weighted by molar-refractivity contribution is 7.09. The van der Waals surface area contributed by atoms with Crippen LogP contribution >= 0.6 is 11.3 Å². The number of aryl methyl sites for hydroxylation is 2. The van der Waals surface area contributed by atoms with E-state index in [0.29, 0.717) is 0 Å². The number of piperidine rings is 1. The van der Waals surface area contributed by atoms with Gasteiger partial charge >= 0.3 is 0 Å². The maximum Gasteiger partial charge on any atom is 0.191 e. The van der Waals surface area contributed by atoms with E-state index in [0.717, 1.165) is 44.1 Å². The van der Waals surface area contributed by atoms with Crippen LogP contribution in [0.1, 0.15) is 57.2 Å². The molecule has 0 aliphatic carbocycles. The normalized spacial score (nSPS) is 16.9. The maximum atomic E-state index is 4.85. The van der Waals surface area contributed by atoms with Gasteiger partial charge in [-0.05, 0) is 60.0 Å². The van der Waals surface area contributed by atoms with Gasteiger partial charge in [-0.1, -0.05) is 6.42 Å². The number of thiazole rings is 1. The second-order valence-electron chi connectivity index (χ2n) is 7.47. The van der Waals surface area contributed by atoms with Crippen molar-refractivity contribution < 1.29 is 0 Å². The molecule has 1 aromatic heterocycles. The van der Waals surface area contributed by atoms with E-state index in [-0.39, 0.29) is 5.54 Å². The summed E-state index contributed by atoms with van der Waals surface area (Å²) < 4.78 is 0. The van der Waals surface area contributed by atoms with Gasteiger partial charge in [-0.3, -0.25) is 9.89 Å². The minimum absolute atomic E-state index is 0.126. The Morgan fingerprint density at radius 1 is 1.28 bits per heavy atom. The topological polar surface area (TPSA) is 52.6 Å². The Balaban J connectivity index is 1.78. The first kappa shape index (κ1) is 20.2. The number of aliphatic imine (C=N–C) groups is 1. The maximum absolute atomic E-state index is 4.85. The van der Waals surface area contributed by atoms with Crippen molar-refractivity contribution in [2.24, 2.45) is 4.99 Å². The number of likely N-dealkylation sites (tertiary alicyclic amines) is 1. The molecule has 1 aromatic rings. The van der Waals surface area contributed by atoms with Crippen LogP contribution < -0.4 is 10.6 Å². The summed E-state index contributed by atoms with van der Waals surface area (Å²) in [5.74, 6) is 0.933. The molecule has 0 bridgehead atoms. The number of nitrogens with one attached hydrogen (secondary N) is 2. The molecule has 0 amide bonds. The molecular formula is C19H35N5S. The number of nitrogens with zero attached hydrogens (tertiary/aromatic N) is 3. The monoisotopic (exact) mass is 365 g/mol. The molecule has 2 heterocycles. The van der Waals surface area contributed by atoms with Crippen molar-refractivity contribution in [2.75, 3.05) is 32.7 Å². The lowest BCUT2D eigenvalue weighted by Crippen LogP contribution is -2.49. The summed E-state index contributed by atoms with van der Waals surface area (Å²) in [7, 11) is 0. The highest BCUT2D eigenvalue weighted by Crippen LogP contribution is 2.20. The zero-order valence-electron chi connectivity index (χ0n) is 16.4. The fourth-order valence-electron chi connectivity index (χ4n) is 3.18. The first-order chi connectivity index (χ1) is 12.0. The van der Waals surface area contributed by atoms with Crippen molar-refractivity contribution in [1.29, 1.82) is 0 Å². The molecule has 1 saturated heterocycles. The third-order valence-electron chi connectivity index (χ3n) is 4.71. The SMILES string of the molecule is CCNC(=NCC(C)(C)N1CCCCC1)NCCCc1nc(C)cs1. The van der Waals surface area contributed by atoms with Gasteiger partial charge in [0, 0.05) is 36.1 Å². The van der Waals surface area contributed by atoms with Crippen molar-refractivity contribution in [2.45, 2.75) is 65.3 Å². The van der Waals surface area contributed by atoms with Crippen LogP contribution in [0.15, 0.2) is 10.4 Å². The number of hydrogen-bond acceptors (Lipinski definition) is 4. The average Bonchev–Trinajstić information content (AvgIpc) is 3.02. The van der Waals surface area contributed by atoms with E-state index in [9.17, 15) is 0 Å². The highest BCUT2D eigenvalue weighted by atomic mass is 32.1. The zero-order valence-corrected chi connectivity index (χ0v) is 17.2. The average molecular weight is 366 g/mol. The van der Waals surface area contributed by atoms with E-state index < -0.39 is 0 Å². The summed E-state index contributed by atoms with van der Waals surface area (Å²) in [5.41, 5.74) is 1.25. The van der Waals surface area contributed by atoms with E-state index in [1.54, 1.807) is 11.3 Å². The molecule has 1 aliphatic rings. The Kier molecular flexibility index (Phi) is 8.16. The number of hydrogen-bond donors (Lipinski definition) is 2. The molecule has 0 spiro atoms. The fraction of sp³-hybridized carbons (Fsp3) is 0.789. The predicted octanol–water partition coefficient (Wildman–Crippen LogP) is 3.20. The summed E-state index contributed by atoms with van der Waals surface area (Å²) in [6, 6.07) is 0. The molecular weight excluding hydrogens is 330 g/mol. The Morgan fingerprint density at radius 3 is 2.68 bits per heavy atom. The van der Waals surface area contributed by atoms with E-state index in [1.807, 2.05) is 0 Å². The predicted molar refractivity (Wildman–Crippen MR) is 109 cm³/mol. The van der Waals surface area contributed by atoms with E-state index in [2.05, 4.69) is 53.6 Å². The van der Waals surface area contributed by atoms with Gasteiger partial charge in [0.05, 0.1) is 11.6 Å². The third-order valence-corrected chi connectivity index (χ3v) is 5.73. The Labute approximate surface area is 157 Å². The molecule has 0 aromatic carbocycles. The summed E-state index contributed by atoms with van der Waals surface area (Å²) >= 11 is 1.76. The van der Waals surface area contributed by atoms with E-state index in [1.165, 1.54) is 37.4 Å². The molecule has 0 atom stereocenters. The van der Waals surface area contributed by atoms with Gasteiger partial charge < -0.3 is 10.6 Å². The van der Waals surface area contributed by atoms with Crippen LogP contribution in [-0.2, 0) is 6.42 Å². The molecule has 6 heteroatoms. The lowest BCUT2D eigenvalue weighted by atomic mass is 9.99. The van der Waals surface area contributed by atoms with Gasteiger partial charge in [-0.2, -0.15) is 0 Å². The molecule has 0 radical (unpaired) electrons. The molecule has 0 unspecified atom stereocenters. The fourth-order valence-corrected chi connectivity index (χ4v) is 4.00. The molecule has 2 N–H and O–H groups in total. The van der Waals surface area contributed by atoms with Crippen molar-refractivity contribution in [3.05, 3.63) is 16.1 Å². The Bertz CT molecular complexity index is 532. The lowest BCUT2D eigenvalue weighted by molar-refractivity contribution is 0.102. The van der Waals surface area contributed by atoms with Crippen LogP contribution in [0.3, 0.4) is 0 Å². The summed E-state index contributed by atoms with van der Waals surface area (Å²) in [6.45, 7) is 13.9. The molecule has 142 valence electrons. The molecule has 25 heavy (non-hydrogen) atoms. The molecule has 5 nitrogen and oxygen atoms in total. The zero-order chi connectivity index (χ0) is 18.1. The number of rotatable bonds is 8. The van der Waals surface area contributed by atoms with E-state index >= 15 is 0 Å². The number of guanidine groups is 1. The third kappa shape index (κ3) is 6.94. The first-order valence-corrected chi connectivity index (χ1v) is 10.6. The van der Waals surface area contributed by atoms with Gasteiger partial charge in [-0.15, -0.1) is 11.3 Å². The lowest BCUT2D eigenvalue weighted by Gasteiger charge is -2.40. The second-order valence-corrected chi connectivity index (χ2v) is 8.41. The van der Waals surface area contributed by atoms with Crippen molar-refractivity contribution >= 4 is 17.3 Å². The van der Waals surface area contributed by atoms with Gasteiger partial charge in [-0.25, -0.2) is 4.98 Å². The van der Waals surface area contributed by atoms with Crippen LogP contribution in [0.5, 0.6) is 0 Å². The summed E-state index contributed by atoms with van der Waals surface area (Å²) in [4.78, 5) is 12.0. The molecule has 1 aliphatic heterocycles. The van der Waals surface area contributed by atoms with Gasteiger partial charge in [0.15, 0.2) is 5.96 Å². The van der Waals surface area contributed by atoms with Crippen molar-refractivity contribution in [3.8, 4) is 0 Å². The molecule has 1 fully saturated rings. The standard InChI is InChI=1S/C19H35N5S/c1-5-20-18(21-11-9-10-17-23-16(2)14-25-17)22-15-19(3,4)24-12-7-6-8-13-24/h14H,5-13,15H2,1-4H3,(H2,20,21,22). The van der Waals surface area contributed by atoms with Crippen LogP contribution in [0.4, 0.5) is 0 Å². The molecule has 0 saturated carbocycles. The quantitative estimate of drug-likeness (QED) is 0.422. The van der Waals surface area contributed by atoms with Crippen LogP contribution in [0.25, 0.3) is 0 Å². The summed E-state index contributed by atoms with van der Waals surface area (Å²) in [6.07, 6.45) is 6.12. The molecule has 2 rings (SSSR count). The van der Waals surface area contributed by atoms with Crippen molar-refractivity contribution in [1.82, 2.24) is 20.5 Å². The largest absolute Gasteiger partial charge is 0.357 e. The number of aromatic nitrogens is 1. The first-order valence-electron chi connectivity index (χ1n) is 9.69. The van der Waals surface area contributed by atoms with Gasteiger partial charge in [0.2, 0.25) is 0 Å². The van der Waals surface area contributed by atoms with Crippen LogP contribution in [-0.4, -0.2) is 54.1 Å². The summed E-state index contributed by atoms with van der Waals surface area (Å²) in [5, 5.41) is 10.2. The smallest absolute Gasteiger partial charge is 0.191 e. The second kappa shape index (κ2) is 10.1. The van der Waals surface area contributed by atoms with Gasteiger partial charge in [0.1, 0.15) is 0 Å². The Hall–Kier alpha value is -1.14. The Morgan fingerprint density at radius 2 is 2.04 bits per heavy atom. The van der Waals surface area contributed by atoms with E-state index in [4.69, 9.17) is 4.99 Å². The minimum atomic E-state index is 0.126. The van der Waals surface area contributed by atoms with Gasteiger partial charge in [0.25, 0.3) is 0 Å². The minimum Gasteiger partial charge on any atom is -0.357 e.